The van der Waals surface area contributed by atoms with Crippen molar-refractivity contribution in [3.05, 3.63) is 35.4 Å². The van der Waals surface area contributed by atoms with Crippen molar-refractivity contribution in [3.8, 4) is 0 Å². The van der Waals surface area contributed by atoms with Gasteiger partial charge in [0.2, 0.25) is 0 Å². The summed E-state index contributed by atoms with van der Waals surface area (Å²) in [6, 6.07) is 8.78. The zero-order valence-electron chi connectivity index (χ0n) is 16.4. The van der Waals surface area contributed by atoms with Gasteiger partial charge in [-0.05, 0) is 50.8 Å². The van der Waals surface area contributed by atoms with Crippen molar-refractivity contribution in [2.45, 2.75) is 50.4 Å². The van der Waals surface area contributed by atoms with Crippen molar-refractivity contribution in [1.82, 2.24) is 10.6 Å². The normalized spacial score (nSPS) is 29.6. The van der Waals surface area contributed by atoms with Crippen LogP contribution in [0.3, 0.4) is 0 Å². The Hall–Kier alpha value is -1.20. The number of nitrogens with one attached hydrogen (secondary N) is 2. The van der Waals surface area contributed by atoms with E-state index in [-0.39, 0.29) is 6.10 Å². The van der Waals surface area contributed by atoms with Crippen LogP contribution in [0.5, 0.6) is 0 Å². The monoisotopic (exact) mass is 375 g/mol. The SMILES string of the molecule is CN=C(NCC1CCCOC1c1ccc(C)cc1)NCC1(C)CCCS1. The van der Waals surface area contributed by atoms with Gasteiger partial charge in [0.25, 0.3) is 0 Å². The van der Waals surface area contributed by atoms with E-state index in [1.807, 2.05) is 7.05 Å². The summed E-state index contributed by atoms with van der Waals surface area (Å²) in [6.07, 6.45) is 5.11. The largest absolute Gasteiger partial charge is 0.373 e. The Balaban J connectivity index is 1.54. The van der Waals surface area contributed by atoms with Gasteiger partial charge in [0.15, 0.2) is 5.96 Å². The van der Waals surface area contributed by atoms with Gasteiger partial charge in [-0.3, -0.25) is 4.99 Å². The molecule has 2 aliphatic rings. The molecule has 1 aromatic carbocycles. The first kappa shape index (κ1) is 19.6. The average Bonchev–Trinajstić information content (AvgIpc) is 3.10. The third-order valence-corrected chi connectivity index (χ3v) is 7.07. The highest BCUT2D eigenvalue weighted by atomic mass is 32.2. The molecular formula is C21H33N3OS. The summed E-state index contributed by atoms with van der Waals surface area (Å²) in [5.41, 5.74) is 2.59. The molecule has 2 N–H and O–H groups in total. The number of aliphatic imine (C=N–C) groups is 1. The molecule has 26 heavy (non-hydrogen) atoms. The van der Waals surface area contributed by atoms with Crippen LogP contribution in [0.2, 0.25) is 0 Å². The van der Waals surface area contributed by atoms with Crippen LogP contribution in [0.4, 0.5) is 0 Å². The van der Waals surface area contributed by atoms with Gasteiger partial charge in [-0.1, -0.05) is 29.8 Å². The molecule has 3 rings (SSSR count). The third-order valence-electron chi connectivity index (χ3n) is 5.54. The summed E-state index contributed by atoms with van der Waals surface area (Å²) in [6.45, 7) is 7.20. The molecule has 0 amide bonds. The number of guanidine groups is 1. The number of aryl methyl sites for hydroxylation is 1. The first-order valence-electron chi connectivity index (χ1n) is 9.86. The van der Waals surface area contributed by atoms with Crippen LogP contribution < -0.4 is 10.6 Å². The van der Waals surface area contributed by atoms with Gasteiger partial charge in [0.1, 0.15) is 0 Å². The highest BCUT2D eigenvalue weighted by Crippen LogP contribution is 2.37. The lowest BCUT2D eigenvalue weighted by atomic mass is 9.89. The van der Waals surface area contributed by atoms with Crippen molar-refractivity contribution < 1.29 is 4.74 Å². The lowest BCUT2D eigenvalue weighted by Gasteiger charge is -2.33. The second-order valence-corrected chi connectivity index (χ2v) is 9.50. The van der Waals surface area contributed by atoms with Gasteiger partial charge < -0.3 is 15.4 Å². The smallest absolute Gasteiger partial charge is 0.191 e. The van der Waals surface area contributed by atoms with Crippen LogP contribution in [0, 0.1) is 12.8 Å². The van der Waals surface area contributed by atoms with Gasteiger partial charge in [0, 0.05) is 37.4 Å². The maximum Gasteiger partial charge on any atom is 0.191 e. The van der Waals surface area contributed by atoms with E-state index in [0.29, 0.717) is 10.7 Å². The summed E-state index contributed by atoms with van der Waals surface area (Å²) in [4.78, 5) is 4.42. The highest BCUT2D eigenvalue weighted by molar-refractivity contribution is 8.00. The Morgan fingerprint density at radius 3 is 2.77 bits per heavy atom. The molecule has 2 saturated heterocycles. The van der Waals surface area contributed by atoms with E-state index < -0.39 is 0 Å². The van der Waals surface area contributed by atoms with E-state index >= 15 is 0 Å². The fraction of sp³-hybridized carbons (Fsp3) is 0.667. The van der Waals surface area contributed by atoms with Crippen molar-refractivity contribution in [2.24, 2.45) is 10.9 Å². The zero-order valence-corrected chi connectivity index (χ0v) is 17.2. The fourth-order valence-corrected chi connectivity index (χ4v) is 5.12. The molecule has 0 aromatic heterocycles. The van der Waals surface area contributed by atoms with Crippen molar-refractivity contribution >= 4 is 17.7 Å². The standard InChI is InChI=1S/C21H33N3OS/c1-16-7-9-17(10-8-16)19-18(6-4-12-25-19)14-23-20(22-3)24-15-21(2)11-5-13-26-21/h7-10,18-19H,4-6,11-15H2,1-3H3,(H2,22,23,24). The average molecular weight is 376 g/mol. The molecule has 0 spiro atoms. The van der Waals surface area contributed by atoms with Crippen LogP contribution in [0.25, 0.3) is 0 Å². The number of hydrogen-bond donors (Lipinski definition) is 2. The molecule has 0 aliphatic carbocycles. The fourth-order valence-electron chi connectivity index (χ4n) is 3.87. The van der Waals surface area contributed by atoms with Gasteiger partial charge in [0.05, 0.1) is 6.10 Å². The highest BCUT2D eigenvalue weighted by Gasteiger charge is 2.30. The molecular weight excluding hydrogens is 342 g/mol. The minimum absolute atomic E-state index is 0.179. The van der Waals surface area contributed by atoms with E-state index in [0.717, 1.165) is 32.1 Å². The molecule has 3 unspecified atom stereocenters. The lowest BCUT2D eigenvalue weighted by Crippen LogP contribution is -2.46. The molecule has 3 atom stereocenters. The molecule has 0 saturated carbocycles. The van der Waals surface area contributed by atoms with Gasteiger partial charge in [-0.25, -0.2) is 0 Å². The summed E-state index contributed by atoms with van der Waals surface area (Å²) in [5, 5.41) is 7.07. The molecule has 0 radical (unpaired) electrons. The Morgan fingerprint density at radius 2 is 2.08 bits per heavy atom. The molecule has 144 valence electrons. The number of hydrogen-bond acceptors (Lipinski definition) is 3. The molecule has 2 heterocycles. The summed E-state index contributed by atoms with van der Waals surface area (Å²) < 4.78 is 6.48. The van der Waals surface area contributed by atoms with Gasteiger partial charge in [-0.15, -0.1) is 0 Å². The molecule has 2 fully saturated rings. The predicted molar refractivity (Wildman–Crippen MR) is 112 cm³/mol. The van der Waals surface area contributed by atoms with E-state index in [4.69, 9.17) is 4.74 Å². The Bertz CT molecular complexity index is 596. The molecule has 4 nitrogen and oxygen atoms in total. The second kappa shape index (κ2) is 9.14. The molecule has 0 bridgehead atoms. The lowest BCUT2D eigenvalue weighted by molar-refractivity contribution is -0.0265. The van der Waals surface area contributed by atoms with Crippen LogP contribution >= 0.6 is 11.8 Å². The number of ether oxygens (including phenoxy) is 1. The Labute approximate surface area is 162 Å². The number of benzene rings is 1. The second-order valence-electron chi connectivity index (χ2n) is 7.81. The maximum absolute atomic E-state index is 6.14. The van der Waals surface area contributed by atoms with Crippen molar-refractivity contribution in [3.63, 3.8) is 0 Å². The van der Waals surface area contributed by atoms with Gasteiger partial charge >= 0.3 is 0 Å². The first-order valence-corrected chi connectivity index (χ1v) is 10.8. The minimum atomic E-state index is 0.179. The van der Waals surface area contributed by atoms with E-state index in [1.54, 1.807) is 0 Å². The number of rotatable bonds is 5. The Kier molecular flexibility index (Phi) is 6.87. The van der Waals surface area contributed by atoms with E-state index in [1.165, 1.54) is 36.1 Å². The van der Waals surface area contributed by atoms with Crippen LogP contribution in [0.15, 0.2) is 29.3 Å². The van der Waals surface area contributed by atoms with E-state index in [2.05, 4.69) is 65.5 Å². The number of thioether (sulfide) groups is 1. The number of nitrogens with zero attached hydrogens (tertiary/aromatic N) is 1. The van der Waals surface area contributed by atoms with Crippen LogP contribution in [0.1, 0.15) is 49.8 Å². The predicted octanol–water partition coefficient (Wildman–Crippen LogP) is 3.91. The molecule has 5 heteroatoms. The third kappa shape index (κ3) is 5.17. The summed E-state index contributed by atoms with van der Waals surface area (Å²) in [5.74, 6) is 2.66. The zero-order chi connectivity index (χ0) is 18.4. The van der Waals surface area contributed by atoms with E-state index in [9.17, 15) is 0 Å². The minimum Gasteiger partial charge on any atom is -0.373 e. The quantitative estimate of drug-likeness (QED) is 0.605. The maximum atomic E-state index is 6.14. The van der Waals surface area contributed by atoms with Crippen LogP contribution in [-0.4, -0.2) is 43.2 Å². The van der Waals surface area contributed by atoms with Crippen molar-refractivity contribution in [2.75, 3.05) is 32.5 Å². The molecule has 1 aromatic rings. The van der Waals surface area contributed by atoms with Gasteiger partial charge in [-0.2, -0.15) is 11.8 Å². The topological polar surface area (TPSA) is 45.7 Å². The van der Waals surface area contributed by atoms with Crippen molar-refractivity contribution in [1.29, 1.82) is 0 Å². The summed E-state index contributed by atoms with van der Waals surface area (Å²) >= 11 is 2.08. The first-order chi connectivity index (χ1) is 12.6. The molecule has 2 aliphatic heterocycles. The van der Waals surface area contributed by atoms with Crippen LogP contribution in [-0.2, 0) is 4.74 Å². The summed E-state index contributed by atoms with van der Waals surface area (Å²) in [7, 11) is 1.86. The Morgan fingerprint density at radius 1 is 1.27 bits per heavy atom.